The molecule has 4 N–H and O–H groups in total. The summed E-state index contributed by atoms with van der Waals surface area (Å²) in [5, 5.41) is 21.2. The molecule has 0 radical (unpaired) electrons. The Balaban J connectivity index is 1.29. The minimum atomic E-state index is -0.514. The van der Waals surface area contributed by atoms with E-state index in [-0.39, 0.29) is 11.6 Å². The van der Waals surface area contributed by atoms with Gasteiger partial charge in [0, 0.05) is 36.1 Å². The third-order valence-electron chi connectivity index (χ3n) is 6.32. The van der Waals surface area contributed by atoms with Crippen LogP contribution in [0.25, 0.3) is 27.6 Å². The van der Waals surface area contributed by atoms with Crippen molar-refractivity contribution in [2.75, 3.05) is 10.6 Å². The zero-order valence-corrected chi connectivity index (χ0v) is 21.0. The maximum Gasteiger partial charge on any atom is 0.327 e. The monoisotopic (exact) mass is 521 g/mol. The first kappa shape index (κ1) is 23.8. The fraction of sp³-hybridized carbons (Fsp3) is 0.0714. The number of nitrogens with one attached hydrogen (secondary N) is 3. The number of hydrogen-bond donors (Lipinski definition) is 4. The van der Waals surface area contributed by atoms with Gasteiger partial charge in [0.25, 0.3) is 0 Å². The zero-order chi connectivity index (χ0) is 27.1. The second kappa shape index (κ2) is 9.38. The number of benzene rings is 3. The fourth-order valence-corrected chi connectivity index (χ4v) is 4.42. The van der Waals surface area contributed by atoms with Crippen LogP contribution in [0, 0.1) is 6.92 Å². The number of H-pyrrole nitrogens is 1. The number of urea groups is 1. The zero-order valence-electron chi connectivity index (χ0n) is 21.0. The van der Waals surface area contributed by atoms with E-state index in [0.717, 1.165) is 16.3 Å². The Bertz CT molecular complexity index is 1920. The summed E-state index contributed by atoms with van der Waals surface area (Å²) >= 11 is 0. The van der Waals surface area contributed by atoms with Crippen molar-refractivity contribution in [2.45, 2.75) is 6.92 Å². The van der Waals surface area contributed by atoms with E-state index in [1.807, 2.05) is 55.5 Å². The first-order chi connectivity index (χ1) is 18.9. The number of aromatic amines is 1. The van der Waals surface area contributed by atoms with Crippen LogP contribution in [0.4, 0.5) is 16.3 Å². The van der Waals surface area contributed by atoms with E-state index in [1.165, 1.54) is 15.3 Å². The van der Waals surface area contributed by atoms with Crippen LogP contribution in [0.2, 0.25) is 0 Å². The van der Waals surface area contributed by atoms with Crippen molar-refractivity contribution in [2.24, 2.45) is 7.05 Å². The molecule has 0 saturated heterocycles. The number of anilines is 2. The summed E-state index contributed by atoms with van der Waals surface area (Å²) in [7, 11) is 1.64. The predicted molar refractivity (Wildman–Crippen MR) is 148 cm³/mol. The molecule has 0 bridgehead atoms. The topological polar surface area (TPSA) is 139 Å². The largest absolute Gasteiger partial charge is 0.492 e. The van der Waals surface area contributed by atoms with Gasteiger partial charge in [-0.2, -0.15) is 0 Å². The first-order valence-corrected chi connectivity index (χ1v) is 12.0. The van der Waals surface area contributed by atoms with E-state index in [1.54, 1.807) is 31.4 Å². The Morgan fingerprint density at radius 1 is 0.974 bits per heavy atom. The van der Waals surface area contributed by atoms with E-state index in [4.69, 9.17) is 4.74 Å². The van der Waals surface area contributed by atoms with E-state index < -0.39 is 6.03 Å². The average Bonchev–Trinajstić information content (AvgIpc) is 3.44. The Morgan fingerprint density at radius 3 is 2.54 bits per heavy atom. The lowest BCUT2D eigenvalue weighted by atomic mass is 10.1. The number of amides is 2. The number of aryl methyl sites for hydroxylation is 2. The molecule has 0 unspecified atom stereocenters. The van der Waals surface area contributed by atoms with Crippen LogP contribution in [0.5, 0.6) is 17.4 Å². The molecule has 11 heteroatoms. The third kappa shape index (κ3) is 4.42. The maximum atomic E-state index is 13.0. The summed E-state index contributed by atoms with van der Waals surface area (Å²) in [6.07, 6.45) is 1.56. The molecule has 6 rings (SSSR count). The van der Waals surface area contributed by atoms with Crippen LogP contribution >= 0.6 is 0 Å². The molecule has 3 aromatic heterocycles. The van der Waals surface area contributed by atoms with E-state index in [0.29, 0.717) is 39.9 Å². The van der Waals surface area contributed by atoms with E-state index in [2.05, 4.69) is 25.7 Å². The Labute approximate surface area is 221 Å². The lowest BCUT2D eigenvalue weighted by molar-refractivity contribution is 0.262. The van der Waals surface area contributed by atoms with Crippen LogP contribution in [0.15, 0.2) is 83.8 Å². The van der Waals surface area contributed by atoms with Gasteiger partial charge in [0.05, 0.1) is 11.4 Å². The van der Waals surface area contributed by atoms with Gasteiger partial charge in [-0.05, 0) is 31.2 Å². The molecule has 0 atom stereocenters. The summed E-state index contributed by atoms with van der Waals surface area (Å²) in [4.78, 5) is 32.0. The van der Waals surface area contributed by atoms with Gasteiger partial charge in [-0.25, -0.2) is 19.3 Å². The highest BCUT2D eigenvalue weighted by atomic mass is 16.5. The van der Waals surface area contributed by atoms with Crippen LogP contribution in [0.1, 0.15) is 5.56 Å². The van der Waals surface area contributed by atoms with Gasteiger partial charge in [-0.3, -0.25) is 14.9 Å². The molecule has 0 aliphatic heterocycles. The number of carbonyl (C=O) groups excluding carboxylic acids is 1. The molecule has 0 fully saturated rings. The Morgan fingerprint density at radius 2 is 1.74 bits per heavy atom. The fourth-order valence-electron chi connectivity index (χ4n) is 4.42. The Hall–Kier alpha value is -5.58. The molecule has 2 amide bonds. The van der Waals surface area contributed by atoms with Gasteiger partial charge in [0.1, 0.15) is 17.1 Å². The van der Waals surface area contributed by atoms with Crippen molar-refractivity contribution < 1.29 is 14.6 Å². The SMILES string of the molecule is Cc1ccc(-n2nc(O)cc2NC(=O)Nc2ccc(Oc3ccnc4[nH]c(=O)n(C)c34)c3ccccc23)cc1. The molecule has 6 aromatic rings. The van der Waals surface area contributed by atoms with Crippen LogP contribution in [-0.2, 0) is 7.05 Å². The average molecular weight is 522 g/mol. The molecular formula is C28H23N7O4. The molecule has 39 heavy (non-hydrogen) atoms. The van der Waals surface area contributed by atoms with Gasteiger partial charge in [0.2, 0.25) is 5.88 Å². The second-order valence-corrected chi connectivity index (χ2v) is 8.97. The van der Waals surface area contributed by atoms with Gasteiger partial charge in [0.15, 0.2) is 11.4 Å². The summed E-state index contributed by atoms with van der Waals surface area (Å²) in [5.41, 5.74) is 2.99. The van der Waals surface area contributed by atoms with Gasteiger partial charge in [-0.1, -0.05) is 42.0 Å². The quantitative estimate of drug-likeness (QED) is 0.250. The molecule has 0 spiro atoms. The molecule has 0 aliphatic rings. The number of rotatable bonds is 5. The highest BCUT2D eigenvalue weighted by Crippen LogP contribution is 2.36. The van der Waals surface area contributed by atoms with Gasteiger partial charge in [-0.15, -0.1) is 5.10 Å². The number of pyridine rings is 1. The van der Waals surface area contributed by atoms with Crippen LogP contribution in [0.3, 0.4) is 0 Å². The summed E-state index contributed by atoms with van der Waals surface area (Å²) < 4.78 is 9.14. The second-order valence-electron chi connectivity index (χ2n) is 8.97. The normalized spacial score (nSPS) is 11.1. The Kier molecular flexibility index (Phi) is 5.72. The number of nitrogens with zero attached hydrogens (tertiary/aromatic N) is 4. The lowest BCUT2D eigenvalue weighted by Gasteiger charge is -2.14. The van der Waals surface area contributed by atoms with Gasteiger partial charge >= 0.3 is 11.7 Å². The van der Waals surface area contributed by atoms with Crippen molar-refractivity contribution in [3.8, 4) is 23.1 Å². The molecule has 194 valence electrons. The van der Waals surface area contributed by atoms with Crippen LogP contribution in [-0.4, -0.2) is 35.5 Å². The van der Waals surface area contributed by atoms with Crippen molar-refractivity contribution in [3.63, 3.8) is 0 Å². The molecule has 3 aromatic carbocycles. The molecular weight excluding hydrogens is 498 g/mol. The number of imidazole rings is 1. The van der Waals surface area contributed by atoms with Crippen molar-refractivity contribution in [1.82, 2.24) is 24.3 Å². The summed E-state index contributed by atoms with van der Waals surface area (Å²) in [6.45, 7) is 1.97. The lowest BCUT2D eigenvalue weighted by Crippen LogP contribution is -2.21. The molecule has 3 heterocycles. The minimum Gasteiger partial charge on any atom is -0.492 e. The van der Waals surface area contributed by atoms with Crippen molar-refractivity contribution >= 4 is 39.5 Å². The van der Waals surface area contributed by atoms with E-state index in [9.17, 15) is 14.7 Å². The first-order valence-electron chi connectivity index (χ1n) is 12.0. The molecule has 0 aliphatic carbocycles. The number of aromatic nitrogens is 5. The van der Waals surface area contributed by atoms with Crippen molar-refractivity contribution in [1.29, 1.82) is 0 Å². The third-order valence-corrected chi connectivity index (χ3v) is 6.32. The number of aromatic hydroxyl groups is 1. The van der Waals surface area contributed by atoms with Crippen LogP contribution < -0.4 is 21.1 Å². The smallest absolute Gasteiger partial charge is 0.327 e. The van der Waals surface area contributed by atoms with E-state index >= 15 is 0 Å². The minimum absolute atomic E-state index is 0.219. The van der Waals surface area contributed by atoms with Gasteiger partial charge < -0.3 is 15.2 Å². The number of hydrogen-bond acceptors (Lipinski definition) is 6. The summed E-state index contributed by atoms with van der Waals surface area (Å²) in [5.74, 6) is 1.09. The molecule has 0 saturated carbocycles. The predicted octanol–water partition coefficient (Wildman–Crippen LogP) is 5.05. The standard InChI is InChI=1S/C28H23N7O4/c1-16-7-9-17(10-8-16)35-23(15-24(36)33-35)31-27(37)30-20-11-12-21(19-6-4-3-5-18(19)20)39-22-13-14-29-26-25(22)34(2)28(38)32-26/h3-15H,1-2H3,(H,33,36)(H,29,32,38)(H2,30,31,37). The number of carbonyl (C=O) groups is 1. The van der Waals surface area contributed by atoms with Crippen molar-refractivity contribution in [3.05, 3.63) is 95.0 Å². The highest BCUT2D eigenvalue weighted by molar-refractivity contribution is 6.07. The maximum absolute atomic E-state index is 13.0. The number of ether oxygens (including phenoxy) is 1. The molecule has 11 nitrogen and oxygen atoms in total. The summed E-state index contributed by atoms with van der Waals surface area (Å²) in [6, 6.07) is 21.0. The highest BCUT2D eigenvalue weighted by Gasteiger charge is 2.16. The number of fused-ring (bicyclic) bond motifs is 2.